The zero-order valence-corrected chi connectivity index (χ0v) is 17.7. The van der Waals surface area contributed by atoms with Gasteiger partial charge in [-0.3, -0.25) is 4.79 Å². The zero-order chi connectivity index (χ0) is 21.3. The number of aryl methyl sites for hydroxylation is 2. The van der Waals surface area contributed by atoms with Crippen LogP contribution in [0.4, 0.5) is 11.6 Å². The summed E-state index contributed by atoms with van der Waals surface area (Å²) in [6.45, 7) is 3.52. The van der Waals surface area contributed by atoms with Crippen LogP contribution in [0.1, 0.15) is 21.7 Å². The second kappa shape index (κ2) is 7.81. The molecular formula is C20H17N5O3S2. The summed E-state index contributed by atoms with van der Waals surface area (Å²) >= 11 is 1.46. The molecule has 0 atom stereocenters. The Morgan fingerprint density at radius 1 is 0.967 bits per heavy atom. The second-order valence-corrected chi connectivity index (χ2v) is 9.16. The van der Waals surface area contributed by atoms with Gasteiger partial charge in [0.15, 0.2) is 0 Å². The van der Waals surface area contributed by atoms with Gasteiger partial charge in [-0.25, -0.2) is 28.1 Å². The lowest BCUT2D eigenvalue weighted by Gasteiger charge is -2.09. The predicted octanol–water partition coefficient (Wildman–Crippen LogP) is 3.76. The highest BCUT2D eigenvalue weighted by Gasteiger charge is 2.16. The quantitative estimate of drug-likeness (QED) is 0.489. The van der Waals surface area contributed by atoms with Crippen molar-refractivity contribution in [3.05, 3.63) is 71.0 Å². The number of carbonyl (C=O) groups is 1. The van der Waals surface area contributed by atoms with Gasteiger partial charge in [-0.15, -0.1) is 11.3 Å². The lowest BCUT2D eigenvalue weighted by Crippen LogP contribution is -2.16. The minimum atomic E-state index is -3.86. The fourth-order valence-corrected chi connectivity index (χ4v) is 4.53. The van der Waals surface area contributed by atoms with Crippen molar-refractivity contribution in [2.24, 2.45) is 0 Å². The molecule has 2 N–H and O–H groups in total. The second-order valence-electron chi connectivity index (χ2n) is 6.59. The van der Waals surface area contributed by atoms with E-state index in [4.69, 9.17) is 0 Å². The number of nitrogens with zero attached hydrogens (tertiary/aromatic N) is 3. The summed E-state index contributed by atoms with van der Waals surface area (Å²) in [5.74, 6) is -0.272. The van der Waals surface area contributed by atoms with Gasteiger partial charge in [-0.05, 0) is 62.4 Å². The molecule has 0 saturated carbocycles. The Morgan fingerprint density at radius 3 is 2.37 bits per heavy atom. The van der Waals surface area contributed by atoms with Crippen LogP contribution in [0, 0.1) is 13.8 Å². The number of thiazole rings is 1. The molecule has 0 saturated heterocycles. The van der Waals surface area contributed by atoms with Gasteiger partial charge in [0.05, 0.1) is 20.6 Å². The molecule has 4 rings (SSSR count). The Balaban J connectivity index is 1.49. The zero-order valence-electron chi connectivity index (χ0n) is 16.1. The number of fused-ring (bicyclic) bond motifs is 1. The highest BCUT2D eigenvalue weighted by molar-refractivity contribution is 7.92. The van der Waals surface area contributed by atoms with Crippen LogP contribution in [-0.4, -0.2) is 29.3 Å². The van der Waals surface area contributed by atoms with E-state index in [1.54, 1.807) is 43.6 Å². The van der Waals surface area contributed by atoms with Crippen LogP contribution >= 0.6 is 11.3 Å². The fourth-order valence-electron chi connectivity index (χ4n) is 2.87. The van der Waals surface area contributed by atoms with E-state index in [1.165, 1.54) is 35.6 Å². The Kier molecular flexibility index (Phi) is 5.18. The maximum atomic E-state index is 12.6. The van der Waals surface area contributed by atoms with Gasteiger partial charge in [0, 0.05) is 22.6 Å². The molecule has 0 bridgehead atoms. The first-order valence-corrected chi connectivity index (χ1v) is 11.3. The summed E-state index contributed by atoms with van der Waals surface area (Å²) in [5.41, 5.74) is 4.86. The summed E-state index contributed by atoms with van der Waals surface area (Å²) < 4.78 is 28.5. The molecule has 1 amide bonds. The lowest BCUT2D eigenvalue weighted by atomic mass is 10.2. The number of benzene rings is 2. The number of amides is 1. The normalized spacial score (nSPS) is 11.4. The molecule has 2 aromatic heterocycles. The number of carbonyl (C=O) groups excluding carboxylic acids is 1. The van der Waals surface area contributed by atoms with Crippen molar-refractivity contribution in [3.63, 3.8) is 0 Å². The first-order valence-electron chi connectivity index (χ1n) is 8.90. The van der Waals surface area contributed by atoms with Crippen LogP contribution in [0.2, 0.25) is 0 Å². The van der Waals surface area contributed by atoms with E-state index >= 15 is 0 Å². The van der Waals surface area contributed by atoms with E-state index in [9.17, 15) is 13.2 Å². The summed E-state index contributed by atoms with van der Waals surface area (Å²) in [7, 11) is -3.86. The standard InChI is InChI=1S/C20H17N5O3S2/c1-12-9-13(2)23-20(22-12)25-30(27,28)16-6-4-15(5-7-16)24-19(26)14-3-8-17-18(10-14)29-11-21-17/h3-11H,1-2H3,(H,24,26)(H,22,23,25). The molecular weight excluding hydrogens is 422 g/mol. The number of rotatable bonds is 5. The third-order valence-corrected chi connectivity index (χ3v) is 6.36. The average Bonchev–Trinajstić information content (AvgIpc) is 3.15. The average molecular weight is 440 g/mol. The molecule has 0 aliphatic heterocycles. The van der Waals surface area contributed by atoms with Crippen LogP contribution in [0.25, 0.3) is 10.2 Å². The Morgan fingerprint density at radius 2 is 1.67 bits per heavy atom. The number of sulfonamides is 1. The molecule has 30 heavy (non-hydrogen) atoms. The molecule has 0 aliphatic carbocycles. The molecule has 8 nitrogen and oxygen atoms in total. The minimum Gasteiger partial charge on any atom is -0.322 e. The van der Waals surface area contributed by atoms with E-state index in [2.05, 4.69) is 25.0 Å². The molecule has 2 aromatic carbocycles. The first kappa shape index (κ1) is 19.9. The highest BCUT2D eigenvalue weighted by atomic mass is 32.2. The predicted molar refractivity (Wildman–Crippen MR) is 116 cm³/mol. The fraction of sp³-hybridized carbons (Fsp3) is 0.100. The molecule has 152 valence electrons. The Hall–Kier alpha value is -3.37. The number of hydrogen-bond acceptors (Lipinski definition) is 7. The third kappa shape index (κ3) is 4.29. The monoisotopic (exact) mass is 439 g/mol. The van der Waals surface area contributed by atoms with Crippen molar-refractivity contribution in [1.29, 1.82) is 0 Å². The van der Waals surface area contributed by atoms with Gasteiger partial charge in [0.1, 0.15) is 0 Å². The van der Waals surface area contributed by atoms with Gasteiger partial charge in [0.2, 0.25) is 5.95 Å². The maximum absolute atomic E-state index is 12.6. The van der Waals surface area contributed by atoms with Crippen LogP contribution in [0.3, 0.4) is 0 Å². The van der Waals surface area contributed by atoms with Crippen molar-refractivity contribution in [2.75, 3.05) is 10.0 Å². The number of hydrogen-bond donors (Lipinski definition) is 2. The van der Waals surface area contributed by atoms with Gasteiger partial charge in [0.25, 0.3) is 15.9 Å². The molecule has 0 radical (unpaired) electrons. The molecule has 0 spiro atoms. The summed E-state index contributed by atoms with van der Waals surface area (Å²) in [6, 6.07) is 12.9. The van der Waals surface area contributed by atoms with E-state index in [0.717, 1.165) is 10.2 Å². The van der Waals surface area contributed by atoms with Crippen molar-refractivity contribution in [3.8, 4) is 0 Å². The molecule has 4 aromatic rings. The van der Waals surface area contributed by atoms with Gasteiger partial charge >= 0.3 is 0 Å². The molecule has 0 aliphatic rings. The van der Waals surface area contributed by atoms with Crippen LogP contribution in [0.5, 0.6) is 0 Å². The molecule has 0 unspecified atom stereocenters. The van der Waals surface area contributed by atoms with E-state index in [1.807, 2.05) is 0 Å². The molecule has 10 heteroatoms. The van der Waals surface area contributed by atoms with E-state index in [0.29, 0.717) is 22.6 Å². The van der Waals surface area contributed by atoms with Crippen molar-refractivity contribution in [2.45, 2.75) is 18.7 Å². The SMILES string of the molecule is Cc1cc(C)nc(NS(=O)(=O)c2ccc(NC(=O)c3ccc4ncsc4c3)cc2)n1. The molecule has 0 fully saturated rings. The van der Waals surface area contributed by atoms with E-state index in [-0.39, 0.29) is 16.8 Å². The number of anilines is 2. The largest absolute Gasteiger partial charge is 0.322 e. The third-order valence-electron chi connectivity index (χ3n) is 4.22. The van der Waals surface area contributed by atoms with Gasteiger partial charge in [-0.1, -0.05) is 0 Å². The summed E-state index contributed by atoms with van der Waals surface area (Å²) in [5, 5.41) is 2.76. The maximum Gasteiger partial charge on any atom is 0.264 e. The molecule has 2 heterocycles. The Bertz CT molecular complexity index is 1330. The van der Waals surface area contributed by atoms with Crippen LogP contribution in [0.15, 0.2) is 58.9 Å². The smallest absolute Gasteiger partial charge is 0.264 e. The van der Waals surface area contributed by atoms with Crippen LogP contribution in [-0.2, 0) is 10.0 Å². The van der Waals surface area contributed by atoms with Crippen molar-refractivity contribution >= 4 is 49.1 Å². The number of nitrogens with one attached hydrogen (secondary N) is 2. The van der Waals surface area contributed by atoms with Crippen molar-refractivity contribution < 1.29 is 13.2 Å². The summed E-state index contributed by atoms with van der Waals surface area (Å²) in [6.07, 6.45) is 0. The summed E-state index contributed by atoms with van der Waals surface area (Å²) in [4.78, 5) is 24.9. The van der Waals surface area contributed by atoms with Crippen LogP contribution < -0.4 is 10.0 Å². The highest BCUT2D eigenvalue weighted by Crippen LogP contribution is 2.21. The minimum absolute atomic E-state index is 0.0170. The van der Waals surface area contributed by atoms with Gasteiger partial charge in [-0.2, -0.15) is 0 Å². The van der Waals surface area contributed by atoms with Gasteiger partial charge < -0.3 is 5.32 Å². The van der Waals surface area contributed by atoms with Crippen molar-refractivity contribution in [1.82, 2.24) is 15.0 Å². The van der Waals surface area contributed by atoms with E-state index < -0.39 is 10.0 Å². The Labute approximate surface area is 177 Å². The number of aromatic nitrogens is 3. The topological polar surface area (TPSA) is 114 Å². The first-order chi connectivity index (χ1) is 14.3. The lowest BCUT2D eigenvalue weighted by molar-refractivity contribution is 0.102.